The average Bonchev–Trinajstić information content (AvgIpc) is 2.92. The van der Waals surface area contributed by atoms with E-state index in [2.05, 4.69) is 25.6 Å². The van der Waals surface area contributed by atoms with Gasteiger partial charge in [0, 0.05) is 36.8 Å². The maximum absolute atomic E-state index is 4.34. The van der Waals surface area contributed by atoms with Gasteiger partial charge in [0.25, 0.3) is 0 Å². The molecule has 3 aromatic rings. The van der Waals surface area contributed by atoms with Crippen molar-refractivity contribution in [1.82, 2.24) is 24.8 Å². The number of nitrogens with zero attached hydrogens (tertiary/aromatic N) is 4. The molecule has 3 heterocycles. The zero-order chi connectivity index (χ0) is 11.7. The van der Waals surface area contributed by atoms with Gasteiger partial charge >= 0.3 is 0 Å². The van der Waals surface area contributed by atoms with Gasteiger partial charge in [0.15, 0.2) is 5.65 Å². The van der Waals surface area contributed by atoms with E-state index < -0.39 is 0 Å². The van der Waals surface area contributed by atoms with E-state index in [0.29, 0.717) is 6.54 Å². The quantitative estimate of drug-likeness (QED) is 0.710. The highest BCUT2D eigenvalue weighted by molar-refractivity contribution is 5.41. The average molecular weight is 228 g/mol. The van der Waals surface area contributed by atoms with E-state index in [1.165, 1.54) is 0 Å². The fourth-order valence-electron chi connectivity index (χ4n) is 1.68. The minimum atomic E-state index is 0.696. The van der Waals surface area contributed by atoms with E-state index in [4.69, 9.17) is 0 Å². The number of fused-ring (bicyclic) bond motifs is 1. The van der Waals surface area contributed by atoms with Crippen LogP contribution in [0.3, 0.4) is 0 Å². The maximum Gasteiger partial charge on any atom is 0.155 e. The van der Waals surface area contributed by atoms with Gasteiger partial charge in [0.1, 0.15) is 0 Å². The second-order valence-corrected chi connectivity index (χ2v) is 3.89. The van der Waals surface area contributed by atoms with Crippen molar-refractivity contribution in [3.63, 3.8) is 0 Å². The second kappa shape index (κ2) is 3.89. The first-order valence-corrected chi connectivity index (χ1v) is 5.35. The minimum absolute atomic E-state index is 0.696. The van der Waals surface area contributed by atoms with Gasteiger partial charge in [0.05, 0.1) is 17.6 Å². The van der Waals surface area contributed by atoms with Crippen molar-refractivity contribution in [3.05, 3.63) is 42.1 Å². The molecular weight excluding hydrogens is 216 g/mol. The first-order chi connectivity index (χ1) is 8.31. The second-order valence-electron chi connectivity index (χ2n) is 3.89. The van der Waals surface area contributed by atoms with Crippen molar-refractivity contribution in [1.29, 1.82) is 0 Å². The molecule has 0 radical (unpaired) electrons. The Bertz CT molecular complexity index is 625. The molecule has 3 rings (SSSR count). The van der Waals surface area contributed by atoms with Gasteiger partial charge in [-0.3, -0.25) is 5.10 Å². The number of hydrogen-bond donors (Lipinski definition) is 2. The molecule has 0 unspecified atom stereocenters. The third kappa shape index (κ3) is 1.96. The van der Waals surface area contributed by atoms with Crippen LogP contribution in [0.1, 0.15) is 11.3 Å². The van der Waals surface area contributed by atoms with E-state index >= 15 is 0 Å². The van der Waals surface area contributed by atoms with Crippen LogP contribution in [0.15, 0.2) is 30.9 Å². The predicted molar refractivity (Wildman–Crippen MR) is 63.6 cm³/mol. The number of aromatic nitrogens is 5. The Morgan fingerprint density at radius 2 is 2.35 bits per heavy atom. The van der Waals surface area contributed by atoms with Crippen molar-refractivity contribution in [2.45, 2.75) is 13.5 Å². The molecule has 0 bridgehead atoms. The van der Waals surface area contributed by atoms with E-state index in [9.17, 15) is 0 Å². The molecule has 6 heteroatoms. The van der Waals surface area contributed by atoms with E-state index in [-0.39, 0.29) is 0 Å². The molecule has 0 amide bonds. The Labute approximate surface area is 97.7 Å². The summed E-state index contributed by atoms with van der Waals surface area (Å²) in [5, 5.41) is 14.2. The van der Waals surface area contributed by atoms with Crippen LogP contribution in [0, 0.1) is 6.92 Å². The summed E-state index contributed by atoms with van der Waals surface area (Å²) >= 11 is 0. The molecule has 0 atom stereocenters. The summed E-state index contributed by atoms with van der Waals surface area (Å²) in [6, 6.07) is 1.95. The summed E-state index contributed by atoms with van der Waals surface area (Å²) in [4.78, 5) is 4.34. The Balaban J connectivity index is 1.81. The van der Waals surface area contributed by atoms with Gasteiger partial charge in [-0.1, -0.05) is 0 Å². The zero-order valence-corrected chi connectivity index (χ0v) is 9.38. The highest BCUT2D eigenvalue weighted by Gasteiger charge is 2.01. The fourth-order valence-corrected chi connectivity index (χ4v) is 1.68. The lowest BCUT2D eigenvalue weighted by Gasteiger charge is -2.03. The third-order valence-corrected chi connectivity index (χ3v) is 2.48. The van der Waals surface area contributed by atoms with Gasteiger partial charge in [0.2, 0.25) is 0 Å². The number of rotatable bonds is 3. The van der Waals surface area contributed by atoms with Crippen LogP contribution in [0.4, 0.5) is 5.69 Å². The van der Waals surface area contributed by atoms with Crippen molar-refractivity contribution < 1.29 is 0 Å². The van der Waals surface area contributed by atoms with Crippen LogP contribution in [-0.4, -0.2) is 24.8 Å². The Hall–Kier alpha value is -2.37. The maximum atomic E-state index is 4.34. The molecular formula is C11H12N6. The van der Waals surface area contributed by atoms with Crippen molar-refractivity contribution >= 4 is 11.3 Å². The third-order valence-electron chi connectivity index (χ3n) is 2.48. The van der Waals surface area contributed by atoms with Crippen LogP contribution in [0.25, 0.3) is 5.65 Å². The van der Waals surface area contributed by atoms with Gasteiger partial charge in [-0.15, -0.1) is 0 Å². The number of aromatic amines is 1. The SMILES string of the molecule is Cc1cc2ncc(CNc3cn[nH]c3)cn2n1. The standard InChI is InChI=1S/C11H12N6/c1-8-2-11-13-4-9(7-17(11)16-8)3-12-10-5-14-15-6-10/h2,4-7,12H,3H2,1H3,(H,14,15). The summed E-state index contributed by atoms with van der Waals surface area (Å²) in [6.07, 6.45) is 7.37. The molecule has 0 aliphatic heterocycles. The van der Waals surface area contributed by atoms with Crippen LogP contribution in [0.5, 0.6) is 0 Å². The van der Waals surface area contributed by atoms with Crippen LogP contribution in [0.2, 0.25) is 0 Å². The molecule has 0 spiro atoms. The van der Waals surface area contributed by atoms with Crippen molar-refractivity contribution in [2.75, 3.05) is 5.32 Å². The predicted octanol–water partition coefficient (Wildman–Crippen LogP) is 1.37. The van der Waals surface area contributed by atoms with Crippen LogP contribution >= 0.6 is 0 Å². The Kier molecular flexibility index (Phi) is 2.25. The molecule has 0 fully saturated rings. The molecule has 0 saturated carbocycles. The molecule has 17 heavy (non-hydrogen) atoms. The van der Waals surface area contributed by atoms with Crippen LogP contribution < -0.4 is 5.32 Å². The summed E-state index contributed by atoms with van der Waals surface area (Å²) < 4.78 is 1.79. The molecule has 3 aromatic heterocycles. The zero-order valence-electron chi connectivity index (χ0n) is 9.38. The molecule has 6 nitrogen and oxygen atoms in total. The highest BCUT2D eigenvalue weighted by Crippen LogP contribution is 2.07. The van der Waals surface area contributed by atoms with Crippen molar-refractivity contribution in [2.24, 2.45) is 0 Å². The number of aryl methyl sites for hydroxylation is 1. The summed E-state index contributed by atoms with van der Waals surface area (Å²) in [6.45, 7) is 2.65. The minimum Gasteiger partial charge on any atom is -0.378 e. The fraction of sp³-hybridized carbons (Fsp3) is 0.182. The summed E-state index contributed by atoms with van der Waals surface area (Å²) in [5.74, 6) is 0. The summed E-state index contributed by atoms with van der Waals surface area (Å²) in [7, 11) is 0. The Morgan fingerprint density at radius 1 is 1.41 bits per heavy atom. The van der Waals surface area contributed by atoms with E-state index in [0.717, 1.165) is 22.6 Å². The number of anilines is 1. The number of hydrogen-bond acceptors (Lipinski definition) is 4. The lowest BCUT2D eigenvalue weighted by molar-refractivity contribution is 0.895. The monoisotopic (exact) mass is 228 g/mol. The lowest BCUT2D eigenvalue weighted by Crippen LogP contribution is -2.01. The molecule has 0 aliphatic rings. The molecule has 0 aromatic carbocycles. The van der Waals surface area contributed by atoms with Gasteiger partial charge in [-0.2, -0.15) is 10.2 Å². The van der Waals surface area contributed by atoms with Gasteiger partial charge < -0.3 is 5.32 Å². The molecule has 86 valence electrons. The number of nitrogens with one attached hydrogen (secondary N) is 2. The highest BCUT2D eigenvalue weighted by atomic mass is 15.2. The smallest absolute Gasteiger partial charge is 0.155 e. The Morgan fingerprint density at radius 3 is 3.18 bits per heavy atom. The topological polar surface area (TPSA) is 70.9 Å². The first-order valence-electron chi connectivity index (χ1n) is 5.35. The normalized spacial score (nSPS) is 10.9. The van der Waals surface area contributed by atoms with Gasteiger partial charge in [-0.05, 0) is 6.92 Å². The largest absolute Gasteiger partial charge is 0.378 e. The summed E-state index contributed by atoms with van der Waals surface area (Å²) in [5.41, 5.74) is 3.87. The first kappa shape index (κ1) is 9.83. The van der Waals surface area contributed by atoms with E-state index in [1.54, 1.807) is 10.7 Å². The van der Waals surface area contributed by atoms with Crippen LogP contribution in [-0.2, 0) is 6.54 Å². The molecule has 2 N–H and O–H groups in total. The van der Waals surface area contributed by atoms with Gasteiger partial charge in [-0.25, -0.2) is 9.50 Å². The van der Waals surface area contributed by atoms with E-state index in [1.807, 2.05) is 31.6 Å². The van der Waals surface area contributed by atoms with Crippen molar-refractivity contribution in [3.8, 4) is 0 Å². The number of H-pyrrole nitrogens is 1. The lowest BCUT2D eigenvalue weighted by atomic mass is 10.3. The molecule has 0 saturated heterocycles. The molecule has 0 aliphatic carbocycles.